The molecular formula is C17H25N3O2. The van der Waals surface area contributed by atoms with Gasteiger partial charge in [0.05, 0.1) is 0 Å². The molecular weight excluding hydrogens is 278 g/mol. The summed E-state index contributed by atoms with van der Waals surface area (Å²) in [6, 6.07) is 5.83. The highest BCUT2D eigenvalue weighted by molar-refractivity contribution is 5.95. The number of hydrogen-bond acceptors (Lipinski definition) is 2. The lowest BCUT2D eigenvalue weighted by Gasteiger charge is -2.26. The minimum Gasteiger partial charge on any atom is -0.338 e. The molecule has 120 valence electrons. The Hall–Kier alpha value is -2.04. The number of anilines is 1. The zero-order valence-corrected chi connectivity index (χ0v) is 13.8. The summed E-state index contributed by atoms with van der Waals surface area (Å²) in [6.45, 7) is 7.36. The number of rotatable bonds is 3. The van der Waals surface area contributed by atoms with Gasteiger partial charge in [-0.2, -0.15) is 0 Å². The Morgan fingerprint density at radius 3 is 2.64 bits per heavy atom. The van der Waals surface area contributed by atoms with Crippen molar-refractivity contribution in [1.29, 1.82) is 0 Å². The van der Waals surface area contributed by atoms with E-state index in [0.29, 0.717) is 19.5 Å². The van der Waals surface area contributed by atoms with Crippen molar-refractivity contribution in [2.24, 2.45) is 5.41 Å². The molecule has 0 aliphatic carbocycles. The lowest BCUT2D eigenvalue weighted by Crippen LogP contribution is -2.39. The number of carbonyl (C=O) groups excluding carboxylic acids is 2. The molecule has 0 spiro atoms. The van der Waals surface area contributed by atoms with Crippen LogP contribution in [0.15, 0.2) is 18.2 Å². The van der Waals surface area contributed by atoms with Crippen LogP contribution < -0.4 is 15.5 Å². The molecule has 0 saturated carbocycles. The largest absolute Gasteiger partial charge is 0.338 e. The van der Waals surface area contributed by atoms with Crippen LogP contribution in [0.2, 0.25) is 0 Å². The second-order valence-corrected chi connectivity index (χ2v) is 7.01. The summed E-state index contributed by atoms with van der Waals surface area (Å²) in [6.07, 6.45) is 1.31. The third kappa shape index (κ3) is 4.23. The van der Waals surface area contributed by atoms with Gasteiger partial charge in [0.1, 0.15) is 0 Å². The Labute approximate surface area is 132 Å². The molecule has 5 heteroatoms. The standard InChI is InChI=1S/C17H25N3O2/c1-17(2,3)11-19-16(22)18-10-12-5-7-14-13(9-12)6-8-15(21)20(14)4/h5,7,9H,6,8,10-11H2,1-4H3,(H2,18,19,22). The molecule has 0 fully saturated rings. The predicted molar refractivity (Wildman–Crippen MR) is 87.9 cm³/mol. The summed E-state index contributed by atoms with van der Waals surface area (Å²) in [4.78, 5) is 25.1. The quantitative estimate of drug-likeness (QED) is 0.901. The van der Waals surface area contributed by atoms with E-state index < -0.39 is 0 Å². The topological polar surface area (TPSA) is 61.4 Å². The fourth-order valence-electron chi connectivity index (χ4n) is 2.41. The Morgan fingerprint density at radius 1 is 1.23 bits per heavy atom. The third-order valence-electron chi connectivity index (χ3n) is 3.72. The van der Waals surface area contributed by atoms with Gasteiger partial charge in [0.2, 0.25) is 5.91 Å². The summed E-state index contributed by atoms with van der Waals surface area (Å²) in [7, 11) is 1.80. The highest BCUT2D eigenvalue weighted by Gasteiger charge is 2.20. The predicted octanol–water partition coefficient (Wildman–Crippen LogP) is 2.44. The Morgan fingerprint density at radius 2 is 1.95 bits per heavy atom. The van der Waals surface area contributed by atoms with Crippen molar-refractivity contribution in [1.82, 2.24) is 10.6 Å². The zero-order chi connectivity index (χ0) is 16.3. The third-order valence-corrected chi connectivity index (χ3v) is 3.72. The maximum Gasteiger partial charge on any atom is 0.315 e. The molecule has 0 saturated heterocycles. The van der Waals surface area contributed by atoms with E-state index in [9.17, 15) is 9.59 Å². The number of urea groups is 1. The SMILES string of the molecule is CN1C(=O)CCc2cc(CNC(=O)NCC(C)(C)C)ccc21. The summed E-state index contributed by atoms with van der Waals surface area (Å²) in [5.41, 5.74) is 3.25. The normalized spacial score (nSPS) is 14.5. The lowest BCUT2D eigenvalue weighted by atomic mass is 9.97. The molecule has 0 radical (unpaired) electrons. The van der Waals surface area contributed by atoms with Crippen LogP contribution in [-0.2, 0) is 17.8 Å². The molecule has 2 rings (SSSR count). The van der Waals surface area contributed by atoms with E-state index in [1.165, 1.54) is 0 Å². The van der Waals surface area contributed by atoms with E-state index in [4.69, 9.17) is 0 Å². The maximum atomic E-state index is 11.8. The molecule has 1 aromatic carbocycles. The van der Waals surface area contributed by atoms with Crippen molar-refractivity contribution in [3.05, 3.63) is 29.3 Å². The van der Waals surface area contributed by atoms with Crippen molar-refractivity contribution in [3.8, 4) is 0 Å². The van der Waals surface area contributed by atoms with Gasteiger partial charge in [0.15, 0.2) is 0 Å². The number of hydrogen-bond donors (Lipinski definition) is 2. The second kappa shape index (κ2) is 6.38. The van der Waals surface area contributed by atoms with Crippen molar-refractivity contribution in [2.45, 2.75) is 40.2 Å². The molecule has 1 aliphatic heterocycles. The van der Waals surface area contributed by atoms with Crippen molar-refractivity contribution >= 4 is 17.6 Å². The van der Waals surface area contributed by atoms with Crippen LogP contribution in [0.5, 0.6) is 0 Å². The first kappa shape index (κ1) is 16.3. The number of fused-ring (bicyclic) bond motifs is 1. The van der Waals surface area contributed by atoms with E-state index in [1.807, 2.05) is 12.1 Å². The fraction of sp³-hybridized carbons (Fsp3) is 0.529. The molecule has 5 nitrogen and oxygen atoms in total. The average Bonchev–Trinajstić information content (AvgIpc) is 2.46. The lowest BCUT2D eigenvalue weighted by molar-refractivity contribution is -0.118. The molecule has 0 bridgehead atoms. The van der Waals surface area contributed by atoms with Gasteiger partial charge in [-0.15, -0.1) is 0 Å². The van der Waals surface area contributed by atoms with Gasteiger partial charge in [-0.1, -0.05) is 32.9 Å². The highest BCUT2D eigenvalue weighted by atomic mass is 16.2. The van der Waals surface area contributed by atoms with Gasteiger partial charge < -0.3 is 15.5 Å². The number of amides is 3. The maximum absolute atomic E-state index is 11.8. The highest BCUT2D eigenvalue weighted by Crippen LogP contribution is 2.27. The van der Waals surface area contributed by atoms with Crippen molar-refractivity contribution in [2.75, 3.05) is 18.5 Å². The van der Waals surface area contributed by atoms with Gasteiger partial charge in [-0.25, -0.2) is 4.79 Å². The smallest absolute Gasteiger partial charge is 0.315 e. The van der Waals surface area contributed by atoms with Crippen molar-refractivity contribution in [3.63, 3.8) is 0 Å². The first-order chi connectivity index (χ1) is 10.3. The monoisotopic (exact) mass is 303 g/mol. The molecule has 0 aromatic heterocycles. The van der Waals surface area contributed by atoms with Crippen LogP contribution in [0.1, 0.15) is 38.3 Å². The average molecular weight is 303 g/mol. The number of nitrogens with one attached hydrogen (secondary N) is 2. The van der Waals surface area contributed by atoms with Crippen molar-refractivity contribution < 1.29 is 9.59 Å². The van der Waals surface area contributed by atoms with Crippen LogP contribution in [-0.4, -0.2) is 25.5 Å². The second-order valence-electron chi connectivity index (χ2n) is 7.01. The van der Waals surface area contributed by atoms with Crippen LogP contribution in [0.3, 0.4) is 0 Å². The summed E-state index contributed by atoms with van der Waals surface area (Å²) in [5, 5.41) is 5.73. The van der Waals surface area contributed by atoms with Gasteiger partial charge in [-0.05, 0) is 29.0 Å². The van der Waals surface area contributed by atoms with Crippen LogP contribution in [0, 0.1) is 5.41 Å². The van der Waals surface area contributed by atoms with Gasteiger partial charge in [0.25, 0.3) is 0 Å². The number of carbonyl (C=O) groups is 2. The summed E-state index contributed by atoms with van der Waals surface area (Å²) in [5.74, 6) is 0.153. The van der Waals surface area contributed by atoms with Gasteiger partial charge >= 0.3 is 6.03 Å². The minimum atomic E-state index is -0.153. The molecule has 22 heavy (non-hydrogen) atoms. The van der Waals surface area contributed by atoms with E-state index in [1.54, 1.807) is 11.9 Å². The molecule has 0 atom stereocenters. The molecule has 0 unspecified atom stereocenters. The first-order valence-corrected chi connectivity index (χ1v) is 7.66. The Kier molecular flexibility index (Phi) is 4.74. The number of nitrogens with zero attached hydrogens (tertiary/aromatic N) is 1. The van der Waals surface area contributed by atoms with E-state index >= 15 is 0 Å². The zero-order valence-electron chi connectivity index (χ0n) is 13.8. The summed E-state index contributed by atoms with van der Waals surface area (Å²) < 4.78 is 0. The molecule has 1 aromatic rings. The summed E-state index contributed by atoms with van der Waals surface area (Å²) >= 11 is 0. The van der Waals surface area contributed by atoms with Crippen LogP contribution >= 0.6 is 0 Å². The minimum absolute atomic E-state index is 0.0697. The van der Waals surface area contributed by atoms with E-state index in [0.717, 1.165) is 23.2 Å². The van der Waals surface area contributed by atoms with Gasteiger partial charge in [0, 0.05) is 32.2 Å². The molecule has 1 aliphatic rings. The molecule has 2 N–H and O–H groups in total. The first-order valence-electron chi connectivity index (χ1n) is 7.66. The fourth-order valence-corrected chi connectivity index (χ4v) is 2.41. The van der Waals surface area contributed by atoms with Gasteiger partial charge in [-0.3, -0.25) is 4.79 Å². The van der Waals surface area contributed by atoms with E-state index in [2.05, 4.69) is 37.5 Å². The Bertz CT molecular complexity index is 576. The van der Waals surface area contributed by atoms with Crippen LogP contribution in [0.25, 0.3) is 0 Å². The number of aryl methyl sites for hydroxylation is 1. The van der Waals surface area contributed by atoms with Crippen LogP contribution in [0.4, 0.5) is 10.5 Å². The Balaban J connectivity index is 1.92. The number of benzene rings is 1. The molecule has 3 amide bonds. The molecule has 1 heterocycles. The van der Waals surface area contributed by atoms with E-state index in [-0.39, 0.29) is 17.4 Å².